The van der Waals surface area contributed by atoms with E-state index in [1.54, 1.807) is 31.6 Å². The van der Waals surface area contributed by atoms with E-state index >= 15 is 4.39 Å². The Morgan fingerprint density at radius 3 is 2.69 bits per heavy atom. The third-order valence-electron chi connectivity index (χ3n) is 6.29. The molecule has 170 valence electrons. The van der Waals surface area contributed by atoms with Crippen molar-refractivity contribution in [2.45, 2.75) is 44.4 Å². The van der Waals surface area contributed by atoms with E-state index in [-0.39, 0.29) is 11.6 Å². The minimum absolute atomic E-state index is 0.252. The minimum Gasteiger partial charge on any atom is -0.386 e. The summed E-state index contributed by atoms with van der Waals surface area (Å²) in [4.78, 5) is 18.2. The van der Waals surface area contributed by atoms with Gasteiger partial charge in [-0.3, -0.25) is 19.7 Å². The lowest BCUT2D eigenvalue weighted by atomic mass is 9.91. The van der Waals surface area contributed by atoms with E-state index in [9.17, 15) is 4.55 Å². The molecule has 7 nitrogen and oxygen atoms in total. The molecular formula is C23H29FN6OS. The summed E-state index contributed by atoms with van der Waals surface area (Å²) in [6, 6.07) is 6.80. The standard InChI is InChI=1S/C23H29FN6OS/c1-14-12-28-20-18(29-14)8-9-27-19(20)11-15-6-7-17(24)16(10-15)23(4)13-32(31,26-5)22(2,3)21(25)30-23/h6-10,12,26,31H,11,13H2,1-5H3,(H2,25,30)/t23-/m0/s1. The highest BCUT2D eigenvalue weighted by molar-refractivity contribution is 8.29. The molecule has 0 aliphatic carbocycles. The van der Waals surface area contributed by atoms with Crippen LogP contribution in [0.25, 0.3) is 11.0 Å². The van der Waals surface area contributed by atoms with Crippen LogP contribution in [-0.2, 0) is 12.0 Å². The molecule has 0 bridgehead atoms. The third-order valence-corrected chi connectivity index (χ3v) is 9.85. The smallest absolute Gasteiger partial charge is 0.128 e. The molecule has 0 saturated carbocycles. The number of aryl methyl sites for hydroxylation is 1. The Balaban J connectivity index is 1.77. The number of hydrogen-bond donors (Lipinski definition) is 3. The molecule has 0 spiro atoms. The maximum atomic E-state index is 15.1. The van der Waals surface area contributed by atoms with Crippen molar-refractivity contribution in [3.63, 3.8) is 0 Å². The van der Waals surface area contributed by atoms with Gasteiger partial charge in [0, 0.05) is 30.1 Å². The fourth-order valence-electron chi connectivity index (χ4n) is 4.17. The normalized spacial score (nSPS) is 27.0. The van der Waals surface area contributed by atoms with Crippen molar-refractivity contribution >= 4 is 27.4 Å². The zero-order chi connectivity index (χ0) is 23.3. The first kappa shape index (κ1) is 22.6. The summed E-state index contributed by atoms with van der Waals surface area (Å²) >= 11 is 0. The van der Waals surface area contributed by atoms with Crippen LogP contribution in [-0.4, -0.2) is 42.9 Å². The van der Waals surface area contributed by atoms with Gasteiger partial charge in [-0.25, -0.2) is 9.37 Å². The Labute approximate surface area is 189 Å². The van der Waals surface area contributed by atoms with E-state index in [4.69, 9.17) is 5.73 Å². The van der Waals surface area contributed by atoms with Crippen molar-refractivity contribution in [1.29, 1.82) is 0 Å². The molecule has 3 heterocycles. The molecule has 1 aliphatic heterocycles. The number of nitrogens with one attached hydrogen (secondary N) is 1. The van der Waals surface area contributed by atoms with Crippen molar-refractivity contribution in [2.75, 3.05) is 12.8 Å². The molecule has 4 N–H and O–H groups in total. The van der Waals surface area contributed by atoms with Gasteiger partial charge in [-0.15, -0.1) is 0 Å². The molecule has 3 aromatic rings. The van der Waals surface area contributed by atoms with Crippen molar-refractivity contribution in [2.24, 2.45) is 10.7 Å². The van der Waals surface area contributed by atoms with Gasteiger partial charge >= 0.3 is 0 Å². The Kier molecular flexibility index (Phi) is 5.47. The van der Waals surface area contributed by atoms with E-state index in [0.29, 0.717) is 17.8 Å². The summed E-state index contributed by atoms with van der Waals surface area (Å²) in [6.07, 6.45) is 3.89. The molecule has 1 unspecified atom stereocenters. The number of hydrogen-bond acceptors (Lipinski definition) is 7. The van der Waals surface area contributed by atoms with Crippen LogP contribution in [0.15, 0.2) is 41.7 Å². The van der Waals surface area contributed by atoms with Gasteiger partial charge < -0.3 is 10.3 Å². The van der Waals surface area contributed by atoms with Crippen LogP contribution < -0.4 is 10.5 Å². The van der Waals surface area contributed by atoms with Crippen molar-refractivity contribution in [1.82, 2.24) is 19.7 Å². The second-order valence-corrected chi connectivity index (χ2v) is 12.1. The first-order chi connectivity index (χ1) is 15.0. The SMILES string of the molecule is CNS1(O)C[C@@](C)(c2cc(Cc3nccc4nc(C)cnc34)ccc2F)N=C(N)C1(C)C. The Bertz CT molecular complexity index is 1230. The number of nitrogens with zero attached hydrogens (tertiary/aromatic N) is 4. The van der Waals surface area contributed by atoms with E-state index in [0.717, 1.165) is 28.0 Å². The van der Waals surface area contributed by atoms with Gasteiger partial charge in [0.25, 0.3) is 0 Å². The molecule has 0 amide bonds. The predicted octanol–water partition coefficient (Wildman–Crippen LogP) is 3.84. The maximum absolute atomic E-state index is 15.1. The summed E-state index contributed by atoms with van der Waals surface area (Å²) in [5.74, 6) is 0.179. The van der Waals surface area contributed by atoms with Gasteiger partial charge in [-0.05, 0) is 52.4 Å². The largest absolute Gasteiger partial charge is 0.386 e. The number of pyridine rings is 1. The van der Waals surface area contributed by atoms with E-state index in [1.807, 2.05) is 33.8 Å². The zero-order valence-electron chi connectivity index (χ0n) is 19.0. The second kappa shape index (κ2) is 7.75. The molecule has 9 heteroatoms. The quantitative estimate of drug-likeness (QED) is 0.550. The van der Waals surface area contributed by atoms with E-state index in [1.165, 1.54) is 6.07 Å². The van der Waals surface area contributed by atoms with Crippen LogP contribution in [0, 0.1) is 12.7 Å². The molecule has 0 radical (unpaired) electrons. The Morgan fingerprint density at radius 1 is 1.22 bits per heavy atom. The van der Waals surface area contributed by atoms with Crippen molar-refractivity contribution in [3.8, 4) is 0 Å². The third kappa shape index (κ3) is 3.64. The first-order valence-electron chi connectivity index (χ1n) is 10.4. The van der Waals surface area contributed by atoms with Gasteiger partial charge in [-0.2, -0.15) is 0 Å². The molecule has 0 saturated heterocycles. The van der Waals surface area contributed by atoms with Gasteiger partial charge in [-0.1, -0.05) is 22.6 Å². The molecule has 0 fully saturated rings. The summed E-state index contributed by atoms with van der Waals surface area (Å²) in [5, 5.41) is 0. The number of halogens is 1. The van der Waals surface area contributed by atoms with Crippen LogP contribution >= 0.6 is 10.5 Å². The number of aromatic nitrogens is 3. The molecule has 4 rings (SSSR count). The van der Waals surface area contributed by atoms with Crippen LogP contribution in [0.1, 0.15) is 43.3 Å². The Morgan fingerprint density at radius 2 is 1.97 bits per heavy atom. The van der Waals surface area contributed by atoms with E-state index < -0.39 is 20.8 Å². The van der Waals surface area contributed by atoms with Crippen LogP contribution in [0.2, 0.25) is 0 Å². The fourth-order valence-corrected chi connectivity index (χ4v) is 6.61. The number of aliphatic imine (C=N–C) groups is 1. The van der Waals surface area contributed by atoms with Crippen molar-refractivity contribution in [3.05, 3.63) is 65.0 Å². The lowest BCUT2D eigenvalue weighted by Gasteiger charge is -2.53. The number of fused-ring (bicyclic) bond motifs is 1. The highest BCUT2D eigenvalue weighted by atomic mass is 32.3. The molecular weight excluding hydrogens is 427 g/mol. The lowest BCUT2D eigenvalue weighted by molar-refractivity contribution is 0.472. The maximum Gasteiger partial charge on any atom is 0.128 e. The number of nitrogens with two attached hydrogens (primary N) is 1. The highest BCUT2D eigenvalue weighted by Crippen LogP contribution is 2.59. The summed E-state index contributed by atoms with van der Waals surface area (Å²) < 4.78 is 28.8. The highest BCUT2D eigenvalue weighted by Gasteiger charge is 2.51. The predicted molar refractivity (Wildman–Crippen MR) is 128 cm³/mol. The monoisotopic (exact) mass is 456 g/mol. The van der Waals surface area contributed by atoms with E-state index in [2.05, 4.69) is 24.7 Å². The average Bonchev–Trinajstić information content (AvgIpc) is 2.73. The molecule has 32 heavy (non-hydrogen) atoms. The lowest BCUT2D eigenvalue weighted by Crippen LogP contribution is -2.55. The molecule has 2 aromatic heterocycles. The summed E-state index contributed by atoms with van der Waals surface area (Å²) in [6.45, 7) is 7.43. The molecule has 1 aliphatic rings. The zero-order valence-corrected chi connectivity index (χ0v) is 19.8. The van der Waals surface area contributed by atoms with Gasteiger partial charge in [0.15, 0.2) is 0 Å². The summed E-state index contributed by atoms with van der Waals surface area (Å²) in [5.41, 5.74) is 9.65. The Hall–Kier alpha value is -2.62. The minimum atomic E-state index is -2.39. The number of amidine groups is 1. The van der Waals surface area contributed by atoms with Crippen LogP contribution in [0.4, 0.5) is 4.39 Å². The van der Waals surface area contributed by atoms with Gasteiger partial charge in [0.2, 0.25) is 0 Å². The fraction of sp³-hybridized carbons (Fsp3) is 0.391. The van der Waals surface area contributed by atoms with Crippen LogP contribution in [0.5, 0.6) is 0 Å². The molecule has 1 aromatic carbocycles. The van der Waals surface area contributed by atoms with Gasteiger partial charge in [0.1, 0.15) is 17.2 Å². The topological polar surface area (TPSA) is 109 Å². The van der Waals surface area contributed by atoms with Crippen LogP contribution in [0.3, 0.4) is 0 Å². The number of rotatable bonds is 4. The molecule has 2 atom stereocenters. The second-order valence-electron chi connectivity index (χ2n) is 8.96. The average molecular weight is 457 g/mol. The summed E-state index contributed by atoms with van der Waals surface area (Å²) in [7, 11) is -0.680. The first-order valence-corrected chi connectivity index (χ1v) is 12.2. The van der Waals surface area contributed by atoms with Crippen molar-refractivity contribution < 1.29 is 8.94 Å². The number of benzene rings is 1. The van der Waals surface area contributed by atoms with Gasteiger partial charge in [0.05, 0.1) is 27.2 Å².